The van der Waals surface area contributed by atoms with Crippen molar-refractivity contribution in [3.63, 3.8) is 0 Å². The Labute approximate surface area is 157 Å². The summed E-state index contributed by atoms with van der Waals surface area (Å²) in [5.41, 5.74) is 4.19. The SMILES string of the molecule is O=C(Cn1cnc2ccccc21)N1CCCC1c1ncc2c(n1)CCNC2. The van der Waals surface area contributed by atoms with E-state index < -0.39 is 0 Å². The zero-order valence-corrected chi connectivity index (χ0v) is 15.1. The fourth-order valence-electron chi connectivity index (χ4n) is 4.12. The predicted octanol–water partition coefficient (Wildman–Crippen LogP) is 1.84. The molecule has 2 aliphatic rings. The second-order valence-electron chi connectivity index (χ2n) is 7.23. The smallest absolute Gasteiger partial charge is 0.243 e. The highest BCUT2D eigenvalue weighted by atomic mass is 16.2. The van der Waals surface area contributed by atoms with Gasteiger partial charge in [0.15, 0.2) is 5.82 Å². The van der Waals surface area contributed by atoms with E-state index in [2.05, 4.69) is 15.3 Å². The van der Waals surface area contributed by atoms with Gasteiger partial charge in [-0.25, -0.2) is 15.0 Å². The zero-order valence-electron chi connectivity index (χ0n) is 15.1. The third-order valence-electron chi connectivity index (χ3n) is 5.53. The van der Waals surface area contributed by atoms with Gasteiger partial charge in [-0.2, -0.15) is 0 Å². The van der Waals surface area contributed by atoms with Gasteiger partial charge in [0.2, 0.25) is 5.91 Å². The monoisotopic (exact) mass is 362 g/mol. The summed E-state index contributed by atoms with van der Waals surface area (Å²) in [4.78, 5) is 28.8. The quantitative estimate of drug-likeness (QED) is 0.769. The molecule has 3 aromatic rings. The van der Waals surface area contributed by atoms with Gasteiger partial charge in [-0.05, 0) is 25.0 Å². The van der Waals surface area contributed by atoms with Crippen molar-refractivity contribution >= 4 is 16.9 Å². The number of rotatable bonds is 3. The van der Waals surface area contributed by atoms with Gasteiger partial charge in [0.25, 0.3) is 0 Å². The minimum atomic E-state index is -0.0209. The van der Waals surface area contributed by atoms with Gasteiger partial charge in [-0.15, -0.1) is 0 Å². The van der Waals surface area contributed by atoms with Crippen LogP contribution in [0.1, 0.15) is 36.0 Å². The number of hydrogen-bond acceptors (Lipinski definition) is 5. The molecule has 1 aromatic carbocycles. The second kappa shape index (κ2) is 6.74. The summed E-state index contributed by atoms with van der Waals surface area (Å²) in [6.07, 6.45) is 6.51. The number of carbonyl (C=O) groups excluding carboxylic acids is 1. The molecular weight excluding hydrogens is 340 g/mol. The summed E-state index contributed by atoms with van der Waals surface area (Å²) in [6, 6.07) is 7.87. The number of imidazole rings is 1. The maximum absolute atomic E-state index is 13.0. The van der Waals surface area contributed by atoms with Gasteiger partial charge < -0.3 is 14.8 Å². The first-order valence-corrected chi connectivity index (χ1v) is 9.54. The van der Waals surface area contributed by atoms with Gasteiger partial charge in [0.1, 0.15) is 6.54 Å². The van der Waals surface area contributed by atoms with E-state index in [-0.39, 0.29) is 11.9 Å². The number of nitrogens with one attached hydrogen (secondary N) is 1. The molecule has 0 spiro atoms. The second-order valence-corrected chi connectivity index (χ2v) is 7.23. The van der Waals surface area contributed by atoms with Crippen LogP contribution in [0.5, 0.6) is 0 Å². The molecule has 1 fully saturated rings. The minimum absolute atomic E-state index is 0.0209. The van der Waals surface area contributed by atoms with Crippen molar-refractivity contribution in [3.05, 3.63) is 53.9 Å². The van der Waals surface area contributed by atoms with Crippen LogP contribution in [-0.4, -0.2) is 43.4 Å². The van der Waals surface area contributed by atoms with E-state index in [1.807, 2.05) is 39.9 Å². The van der Waals surface area contributed by atoms with Gasteiger partial charge in [0.05, 0.1) is 23.4 Å². The number of likely N-dealkylation sites (tertiary alicyclic amines) is 1. The van der Waals surface area contributed by atoms with Gasteiger partial charge >= 0.3 is 0 Å². The highest BCUT2D eigenvalue weighted by Gasteiger charge is 2.32. The first kappa shape index (κ1) is 16.4. The summed E-state index contributed by atoms with van der Waals surface area (Å²) in [5, 5.41) is 3.34. The fourth-order valence-corrected chi connectivity index (χ4v) is 4.12. The van der Waals surface area contributed by atoms with Crippen LogP contribution in [0.2, 0.25) is 0 Å². The van der Waals surface area contributed by atoms with Crippen molar-refractivity contribution in [1.82, 2.24) is 29.7 Å². The Morgan fingerprint density at radius 2 is 2.19 bits per heavy atom. The average molecular weight is 362 g/mol. The number of nitrogens with zero attached hydrogens (tertiary/aromatic N) is 5. The van der Waals surface area contributed by atoms with E-state index in [0.29, 0.717) is 6.54 Å². The molecule has 2 aliphatic heterocycles. The van der Waals surface area contributed by atoms with Crippen molar-refractivity contribution in [2.45, 2.75) is 38.4 Å². The third kappa shape index (κ3) is 2.98. The molecule has 1 saturated heterocycles. The van der Waals surface area contributed by atoms with Gasteiger partial charge in [0, 0.05) is 43.5 Å². The highest BCUT2D eigenvalue weighted by Crippen LogP contribution is 2.31. The molecule has 0 aliphatic carbocycles. The lowest BCUT2D eigenvalue weighted by molar-refractivity contribution is -0.132. The summed E-state index contributed by atoms with van der Waals surface area (Å²) < 4.78 is 1.92. The van der Waals surface area contributed by atoms with E-state index in [4.69, 9.17) is 4.98 Å². The number of amides is 1. The Kier molecular flexibility index (Phi) is 4.09. The first-order valence-electron chi connectivity index (χ1n) is 9.54. The maximum Gasteiger partial charge on any atom is 0.243 e. The molecule has 5 rings (SSSR count). The summed E-state index contributed by atoms with van der Waals surface area (Å²) in [6.45, 7) is 2.84. The van der Waals surface area contributed by atoms with Crippen molar-refractivity contribution < 1.29 is 4.79 Å². The van der Waals surface area contributed by atoms with Crippen LogP contribution in [0.15, 0.2) is 36.8 Å². The number of carbonyl (C=O) groups is 1. The number of para-hydroxylation sites is 2. The molecule has 1 atom stereocenters. The molecule has 138 valence electrons. The van der Waals surface area contributed by atoms with Crippen LogP contribution >= 0.6 is 0 Å². The largest absolute Gasteiger partial charge is 0.331 e. The lowest BCUT2D eigenvalue weighted by Crippen LogP contribution is -2.34. The van der Waals surface area contributed by atoms with Gasteiger partial charge in [-0.1, -0.05) is 12.1 Å². The normalized spacial score (nSPS) is 19.4. The molecule has 27 heavy (non-hydrogen) atoms. The van der Waals surface area contributed by atoms with E-state index in [1.165, 1.54) is 5.56 Å². The molecule has 1 N–H and O–H groups in total. The zero-order chi connectivity index (χ0) is 18.2. The van der Waals surface area contributed by atoms with Crippen LogP contribution in [-0.2, 0) is 24.3 Å². The summed E-state index contributed by atoms with van der Waals surface area (Å²) in [5.74, 6) is 0.889. The van der Waals surface area contributed by atoms with Crippen LogP contribution in [0, 0.1) is 0 Å². The maximum atomic E-state index is 13.0. The van der Waals surface area contributed by atoms with Gasteiger partial charge in [-0.3, -0.25) is 4.79 Å². The molecule has 4 heterocycles. The average Bonchev–Trinajstić information content (AvgIpc) is 3.35. The Hall–Kier alpha value is -2.80. The number of fused-ring (bicyclic) bond motifs is 2. The van der Waals surface area contributed by atoms with E-state index in [1.54, 1.807) is 6.33 Å². The molecule has 7 heteroatoms. The third-order valence-corrected chi connectivity index (χ3v) is 5.53. The van der Waals surface area contributed by atoms with Crippen LogP contribution in [0.3, 0.4) is 0 Å². The van der Waals surface area contributed by atoms with Crippen LogP contribution in [0.25, 0.3) is 11.0 Å². The first-order chi connectivity index (χ1) is 13.3. The van der Waals surface area contributed by atoms with Crippen molar-refractivity contribution in [2.75, 3.05) is 13.1 Å². The molecule has 0 saturated carbocycles. The molecule has 0 radical (unpaired) electrons. The van der Waals surface area contributed by atoms with Crippen molar-refractivity contribution in [2.24, 2.45) is 0 Å². The van der Waals surface area contributed by atoms with Crippen molar-refractivity contribution in [1.29, 1.82) is 0 Å². The van der Waals surface area contributed by atoms with E-state index in [0.717, 1.165) is 61.4 Å². The van der Waals surface area contributed by atoms with E-state index >= 15 is 0 Å². The van der Waals surface area contributed by atoms with Crippen molar-refractivity contribution in [3.8, 4) is 0 Å². The molecular formula is C20H22N6O. The number of aromatic nitrogens is 4. The molecule has 0 bridgehead atoms. The topological polar surface area (TPSA) is 75.9 Å². The molecule has 7 nitrogen and oxygen atoms in total. The molecule has 1 amide bonds. The lowest BCUT2D eigenvalue weighted by atomic mass is 10.1. The number of hydrogen-bond donors (Lipinski definition) is 1. The summed E-state index contributed by atoms with van der Waals surface area (Å²) >= 11 is 0. The Morgan fingerprint density at radius 3 is 3.15 bits per heavy atom. The van der Waals surface area contributed by atoms with E-state index in [9.17, 15) is 4.79 Å². The molecule has 2 aromatic heterocycles. The Bertz CT molecular complexity index is 997. The minimum Gasteiger partial charge on any atom is -0.331 e. The Morgan fingerprint density at radius 1 is 1.26 bits per heavy atom. The Balaban J connectivity index is 1.38. The highest BCUT2D eigenvalue weighted by molar-refractivity contribution is 5.81. The molecule has 1 unspecified atom stereocenters. The van der Waals surface area contributed by atoms with Crippen LogP contribution in [0.4, 0.5) is 0 Å². The summed E-state index contributed by atoms with van der Waals surface area (Å²) in [7, 11) is 0. The van der Waals surface area contributed by atoms with Crippen LogP contribution < -0.4 is 5.32 Å². The fraction of sp³-hybridized carbons (Fsp3) is 0.400. The predicted molar refractivity (Wildman–Crippen MR) is 101 cm³/mol. The standard InChI is InChI=1S/C20H22N6O/c27-19(12-25-13-23-16-4-1-2-5-17(16)25)26-9-3-6-18(26)20-22-11-14-10-21-8-7-15(14)24-20/h1-2,4-5,11,13,18,21H,3,6-10,12H2. The number of benzene rings is 1. The lowest BCUT2D eigenvalue weighted by Gasteiger charge is -2.25.